The van der Waals surface area contributed by atoms with E-state index in [1.807, 2.05) is 20.8 Å². The molecule has 0 spiro atoms. The molecule has 0 bridgehead atoms. The van der Waals surface area contributed by atoms with Crippen molar-refractivity contribution < 1.29 is 14.6 Å². The van der Waals surface area contributed by atoms with Gasteiger partial charge in [-0.15, -0.1) is 0 Å². The van der Waals surface area contributed by atoms with Gasteiger partial charge in [0.15, 0.2) is 0 Å². The highest BCUT2D eigenvalue weighted by atomic mass is 16.6. The number of aliphatic hydroxyl groups excluding tert-OH is 1. The molecular formula is C18H33NO3. The minimum Gasteiger partial charge on any atom is -0.444 e. The van der Waals surface area contributed by atoms with Gasteiger partial charge in [0.25, 0.3) is 0 Å². The molecule has 2 fully saturated rings. The number of carbonyl (C=O) groups excluding carboxylic acids is 1. The molecule has 0 aromatic heterocycles. The fourth-order valence-electron chi connectivity index (χ4n) is 4.00. The van der Waals surface area contributed by atoms with Crippen molar-refractivity contribution in [1.82, 2.24) is 4.90 Å². The average Bonchev–Trinajstić information content (AvgIpc) is 2.78. The van der Waals surface area contributed by atoms with Crippen LogP contribution in [0.5, 0.6) is 0 Å². The van der Waals surface area contributed by atoms with Gasteiger partial charge in [0.05, 0.1) is 12.6 Å². The predicted molar refractivity (Wildman–Crippen MR) is 87.7 cm³/mol. The van der Waals surface area contributed by atoms with Crippen molar-refractivity contribution in [2.24, 2.45) is 16.7 Å². The van der Waals surface area contributed by atoms with E-state index in [0.717, 1.165) is 6.42 Å². The van der Waals surface area contributed by atoms with E-state index in [2.05, 4.69) is 20.8 Å². The molecule has 1 aliphatic carbocycles. The first-order chi connectivity index (χ1) is 10.00. The average molecular weight is 311 g/mol. The molecule has 0 aromatic rings. The Hall–Kier alpha value is -0.770. The first kappa shape index (κ1) is 17.6. The Morgan fingerprint density at radius 1 is 1.27 bits per heavy atom. The maximum Gasteiger partial charge on any atom is 0.410 e. The molecule has 2 atom stereocenters. The highest BCUT2D eigenvalue weighted by Gasteiger charge is 2.53. The van der Waals surface area contributed by atoms with Crippen molar-refractivity contribution in [3.63, 3.8) is 0 Å². The monoisotopic (exact) mass is 311 g/mol. The number of hydrogen-bond acceptors (Lipinski definition) is 3. The van der Waals surface area contributed by atoms with Crippen molar-refractivity contribution in [3.8, 4) is 0 Å². The van der Waals surface area contributed by atoms with Crippen LogP contribution in [0.3, 0.4) is 0 Å². The molecule has 0 radical (unpaired) electrons. The summed E-state index contributed by atoms with van der Waals surface area (Å²) < 4.78 is 5.52. The Morgan fingerprint density at radius 3 is 2.27 bits per heavy atom. The molecule has 0 aromatic carbocycles. The molecule has 2 rings (SSSR count). The number of rotatable bonds is 3. The van der Waals surface area contributed by atoms with Crippen molar-refractivity contribution >= 4 is 6.09 Å². The molecule has 1 amide bonds. The fraction of sp³-hybridized carbons (Fsp3) is 0.944. The topological polar surface area (TPSA) is 49.8 Å². The lowest BCUT2D eigenvalue weighted by atomic mass is 9.51. The molecule has 1 N–H and O–H groups in total. The number of amides is 1. The number of carbonyl (C=O) groups is 1. The Bertz CT molecular complexity index is 421. The Labute approximate surface area is 135 Å². The molecule has 4 nitrogen and oxygen atoms in total. The summed E-state index contributed by atoms with van der Waals surface area (Å²) in [5.41, 5.74) is 0.0433. The summed E-state index contributed by atoms with van der Waals surface area (Å²) in [7, 11) is 0. The molecular weight excluding hydrogens is 278 g/mol. The van der Waals surface area contributed by atoms with Crippen LogP contribution in [0.15, 0.2) is 0 Å². The minimum atomic E-state index is -0.495. The number of hydrogen-bond donors (Lipinski definition) is 1. The Morgan fingerprint density at radius 2 is 1.86 bits per heavy atom. The quantitative estimate of drug-likeness (QED) is 0.862. The van der Waals surface area contributed by atoms with Crippen LogP contribution >= 0.6 is 0 Å². The van der Waals surface area contributed by atoms with Crippen LogP contribution in [0.4, 0.5) is 4.79 Å². The van der Waals surface area contributed by atoms with Gasteiger partial charge in [0.1, 0.15) is 5.60 Å². The van der Waals surface area contributed by atoms with E-state index < -0.39 is 5.60 Å². The van der Waals surface area contributed by atoms with Crippen molar-refractivity contribution in [1.29, 1.82) is 0 Å². The number of likely N-dealkylation sites (tertiary alicyclic amines) is 1. The summed E-state index contributed by atoms with van der Waals surface area (Å²) >= 11 is 0. The lowest BCUT2D eigenvalue weighted by molar-refractivity contribution is -0.0396. The molecule has 1 unspecified atom stereocenters. The zero-order valence-corrected chi connectivity index (χ0v) is 15.1. The Kier molecular flexibility index (Phi) is 4.55. The molecule has 1 aliphatic heterocycles. The maximum absolute atomic E-state index is 12.4. The lowest BCUT2D eigenvalue weighted by Gasteiger charge is -2.54. The maximum atomic E-state index is 12.4. The van der Waals surface area contributed by atoms with Gasteiger partial charge >= 0.3 is 6.09 Å². The first-order valence-corrected chi connectivity index (χ1v) is 8.61. The summed E-state index contributed by atoms with van der Waals surface area (Å²) in [6, 6.07) is -0.109. The highest BCUT2D eigenvalue weighted by Crippen LogP contribution is 2.58. The highest BCUT2D eigenvalue weighted by molar-refractivity contribution is 5.69. The summed E-state index contributed by atoms with van der Waals surface area (Å²) in [6.07, 6.45) is 4.44. The van der Waals surface area contributed by atoms with Crippen molar-refractivity contribution in [2.45, 2.75) is 78.9 Å². The smallest absolute Gasteiger partial charge is 0.410 e. The van der Waals surface area contributed by atoms with Crippen LogP contribution in [0.25, 0.3) is 0 Å². The van der Waals surface area contributed by atoms with Crippen LogP contribution in [0, 0.1) is 16.7 Å². The normalized spacial score (nSPS) is 28.4. The van der Waals surface area contributed by atoms with Gasteiger partial charge in [0, 0.05) is 6.54 Å². The fourth-order valence-corrected chi connectivity index (χ4v) is 4.00. The van der Waals surface area contributed by atoms with E-state index in [0.29, 0.717) is 17.9 Å². The number of aliphatic hydroxyl groups is 1. The minimum absolute atomic E-state index is 0.0164. The second-order valence-corrected chi connectivity index (χ2v) is 9.04. The van der Waals surface area contributed by atoms with E-state index in [4.69, 9.17) is 4.74 Å². The first-order valence-electron chi connectivity index (χ1n) is 8.61. The SMILES string of the molecule is CC(C)(C)OC(=O)N1CC(C(C)(C)C2(C)CCC2)C[C@H]1CO. The van der Waals surface area contributed by atoms with Gasteiger partial charge in [-0.2, -0.15) is 0 Å². The third-order valence-electron chi connectivity index (χ3n) is 6.29. The Balaban J connectivity index is 2.10. The van der Waals surface area contributed by atoms with E-state index >= 15 is 0 Å². The zero-order valence-electron chi connectivity index (χ0n) is 15.1. The van der Waals surface area contributed by atoms with Crippen molar-refractivity contribution in [3.05, 3.63) is 0 Å². The summed E-state index contributed by atoms with van der Waals surface area (Å²) in [6.45, 7) is 13.4. The largest absolute Gasteiger partial charge is 0.444 e. The van der Waals surface area contributed by atoms with Gasteiger partial charge in [-0.25, -0.2) is 4.79 Å². The predicted octanol–water partition coefficient (Wildman–Crippen LogP) is 3.82. The van der Waals surface area contributed by atoms with E-state index in [1.165, 1.54) is 19.3 Å². The molecule has 1 saturated carbocycles. The third kappa shape index (κ3) is 3.12. The number of nitrogens with zero attached hydrogens (tertiary/aromatic N) is 1. The van der Waals surface area contributed by atoms with Gasteiger partial charge < -0.3 is 14.7 Å². The van der Waals surface area contributed by atoms with E-state index in [1.54, 1.807) is 4.90 Å². The standard InChI is InChI=1S/C18H33NO3/c1-16(2,3)22-15(21)19-11-13(10-14(19)12-20)17(4,5)18(6)8-7-9-18/h13-14,20H,7-12H2,1-6H3/t13?,14-/m0/s1. The van der Waals surface area contributed by atoms with Gasteiger partial charge in [-0.3, -0.25) is 0 Å². The molecule has 2 aliphatic rings. The molecule has 1 heterocycles. The lowest BCUT2D eigenvalue weighted by Crippen LogP contribution is -2.47. The van der Waals surface area contributed by atoms with Crippen LogP contribution in [0.1, 0.15) is 67.2 Å². The summed E-state index contributed by atoms with van der Waals surface area (Å²) in [4.78, 5) is 14.2. The van der Waals surface area contributed by atoms with Gasteiger partial charge in [-0.05, 0) is 56.8 Å². The molecule has 22 heavy (non-hydrogen) atoms. The second kappa shape index (κ2) is 5.70. The van der Waals surface area contributed by atoms with Gasteiger partial charge in [-0.1, -0.05) is 27.2 Å². The van der Waals surface area contributed by atoms with Gasteiger partial charge in [0.2, 0.25) is 0 Å². The number of ether oxygens (including phenoxy) is 1. The third-order valence-corrected chi connectivity index (χ3v) is 6.29. The molecule has 128 valence electrons. The second-order valence-electron chi connectivity index (χ2n) is 9.04. The molecule has 1 saturated heterocycles. The van der Waals surface area contributed by atoms with Crippen LogP contribution in [-0.4, -0.2) is 40.9 Å². The van der Waals surface area contributed by atoms with E-state index in [-0.39, 0.29) is 24.2 Å². The van der Waals surface area contributed by atoms with E-state index in [9.17, 15) is 9.90 Å². The van der Waals surface area contributed by atoms with Crippen LogP contribution < -0.4 is 0 Å². The van der Waals surface area contributed by atoms with Crippen LogP contribution in [-0.2, 0) is 4.74 Å². The summed E-state index contributed by atoms with van der Waals surface area (Å²) in [5, 5.41) is 9.69. The molecule has 4 heteroatoms. The summed E-state index contributed by atoms with van der Waals surface area (Å²) in [5.74, 6) is 0.419. The zero-order chi connectivity index (χ0) is 16.8. The van der Waals surface area contributed by atoms with Crippen molar-refractivity contribution in [2.75, 3.05) is 13.2 Å². The van der Waals surface area contributed by atoms with Crippen LogP contribution in [0.2, 0.25) is 0 Å².